The van der Waals surface area contributed by atoms with Crippen LogP contribution in [-0.4, -0.2) is 31.7 Å². The summed E-state index contributed by atoms with van der Waals surface area (Å²) in [6.07, 6.45) is -2.13. The van der Waals surface area contributed by atoms with Crippen LogP contribution in [0.4, 0.5) is 0 Å². The second kappa shape index (κ2) is 5.23. The third-order valence-electron chi connectivity index (χ3n) is 2.25. The summed E-state index contributed by atoms with van der Waals surface area (Å²) < 4.78 is 27.4. The highest BCUT2D eigenvalue weighted by Crippen LogP contribution is 2.52. The van der Waals surface area contributed by atoms with Crippen LogP contribution in [0.25, 0.3) is 0 Å². The van der Waals surface area contributed by atoms with Gasteiger partial charge in [-0.3, -0.25) is 4.52 Å². The number of hydrogen-bond donors (Lipinski definition) is 1. The maximum atomic E-state index is 12.1. The van der Waals surface area contributed by atoms with Crippen LogP contribution >= 0.6 is 7.60 Å². The SMILES string of the molecule is [B]C[C@@H]1OCP(=O)(Oc2ccccc2)OC1O. The maximum absolute atomic E-state index is 12.1. The second-order valence-corrected chi connectivity index (χ2v) is 5.45. The van der Waals surface area contributed by atoms with Gasteiger partial charge in [-0.15, -0.1) is 0 Å². The highest BCUT2D eigenvalue weighted by Gasteiger charge is 2.39. The van der Waals surface area contributed by atoms with Crippen molar-refractivity contribution >= 4 is 15.4 Å². The zero-order valence-corrected chi connectivity index (χ0v) is 9.95. The lowest BCUT2D eigenvalue weighted by Crippen LogP contribution is -2.36. The van der Waals surface area contributed by atoms with Gasteiger partial charge in [0.1, 0.15) is 11.9 Å². The molecule has 1 aromatic rings. The van der Waals surface area contributed by atoms with E-state index in [1.54, 1.807) is 30.3 Å². The summed E-state index contributed by atoms with van der Waals surface area (Å²) in [7, 11) is 1.87. The van der Waals surface area contributed by atoms with Crippen LogP contribution in [0.1, 0.15) is 0 Å². The van der Waals surface area contributed by atoms with Crippen LogP contribution in [-0.2, 0) is 13.8 Å². The quantitative estimate of drug-likeness (QED) is 0.654. The van der Waals surface area contributed by atoms with Crippen LogP contribution in [0.5, 0.6) is 5.75 Å². The number of para-hydroxylation sites is 1. The fraction of sp³-hybridized carbons (Fsp3) is 0.400. The Morgan fingerprint density at radius 1 is 1.47 bits per heavy atom. The van der Waals surface area contributed by atoms with Crippen LogP contribution in [0.2, 0.25) is 6.32 Å². The molecule has 1 aliphatic rings. The van der Waals surface area contributed by atoms with E-state index in [4.69, 9.17) is 21.6 Å². The summed E-state index contributed by atoms with van der Waals surface area (Å²) in [5, 5.41) is 9.50. The minimum absolute atomic E-state index is 0.0898. The lowest BCUT2D eigenvalue weighted by molar-refractivity contribution is -0.142. The molecule has 5 nitrogen and oxygen atoms in total. The number of hydrogen-bond acceptors (Lipinski definition) is 5. The van der Waals surface area contributed by atoms with E-state index < -0.39 is 20.0 Å². The Balaban J connectivity index is 2.04. The van der Waals surface area contributed by atoms with E-state index in [9.17, 15) is 9.67 Å². The zero-order valence-electron chi connectivity index (χ0n) is 9.06. The van der Waals surface area contributed by atoms with Crippen molar-refractivity contribution in [3.8, 4) is 5.75 Å². The average Bonchev–Trinajstić information content (AvgIpc) is 2.30. The minimum atomic E-state index is -3.47. The summed E-state index contributed by atoms with van der Waals surface area (Å²) in [4.78, 5) is 0. The molecule has 1 fully saturated rings. The van der Waals surface area contributed by atoms with Crippen molar-refractivity contribution < 1.29 is 23.5 Å². The summed E-state index contributed by atoms with van der Waals surface area (Å²) >= 11 is 0. The molecule has 2 rings (SSSR count). The summed E-state index contributed by atoms with van der Waals surface area (Å²) in [6.45, 7) is 0. The molecule has 3 atom stereocenters. The van der Waals surface area contributed by atoms with Crippen molar-refractivity contribution in [2.75, 3.05) is 6.35 Å². The van der Waals surface area contributed by atoms with Gasteiger partial charge in [0.2, 0.25) is 0 Å². The Kier molecular flexibility index (Phi) is 3.89. The molecule has 0 saturated carbocycles. The Morgan fingerprint density at radius 3 is 2.76 bits per heavy atom. The van der Waals surface area contributed by atoms with Crippen molar-refractivity contribution in [1.29, 1.82) is 0 Å². The van der Waals surface area contributed by atoms with E-state index in [0.717, 1.165) is 0 Å². The van der Waals surface area contributed by atoms with Gasteiger partial charge in [0.15, 0.2) is 12.6 Å². The van der Waals surface area contributed by atoms with Gasteiger partial charge in [-0.05, 0) is 12.1 Å². The number of aliphatic hydroxyl groups is 1. The fourth-order valence-electron chi connectivity index (χ4n) is 1.41. The molecule has 2 unspecified atom stereocenters. The predicted octanol–water partition coefficient (Wildman–Crippen LogP) is 1.54. The van der Waals surface area contributed by atoms with Crippen LogP contribution in [0.15, 0.2) is 30.3 Å². The lowest BCUT2D eigenvalue weighted by atomic mass is 9.99. The standard InChI is InChI=1S/C10H12BO5P/c11-6-9-10(12)16-17(13,7-14-9)15-8-4-2-1-3-5-8/h1-5,9-10,12H,6-7H2/t9-,10?,17?/m0/s1. The minimum Gasteiger partial charge on any atom is -0.423 e. The molecule has 0 bridgehead atoms. The Hall–Kier alpha value is -0.805. The van der Waals surface area contributed by atoms with Gasteiger partial charge in [0.25, 0.3) is 0 Å². The van der Waals surface area contributed by atoms with Crippen molar-refractivity contribution in [1.82, 2.24) is 0 Å². The van der Waals surface area contributed by atoms with Gasteiger partial charge >= 0.3 is 7.60 Å². The molecule has 7 heteroatoms. The first-order valence-electron chi connectivity index (χ1n) is 5.15. The molecule has 0 amide bonds. The fourth-order valence-corrected chi connectivity index (χ4v) is 2.84. The normalized spacial score (nSPS) is 33.2. The van der Waals surface area contributed by atoms with Crippen LogP contribution < -0.4 is 4.52 Å². The molecule has 17 heavy (non-hydrogen) atoms. The van der Waals surface area contributed by atoms with E-state index in [1.807, 2.05) is 0 Å². The van der Waals surface area contributed by atoms with Gasteiger partial charge in [0, 0.05) is 0 Å². The summed E-state index contributed by atoms with van der Waals surface area (Å²) in [5.74, 6) is 0.401. The summed E-state index contributed by atoms with van der Waals surface area (Å²) in [6, 6.07) is 8.58. The van der Waals surface area contributed by atoms with Crippen molar-refractivity contribution in [2.45, 2.75) is 18.7 Å². The molecule has 0 aromatic heterocycles. The Bertz CT molecular complexity index is 412. The maximum Gasteiger partial charge on any atom is 0.407 e. The first kappa shape index (κ1) is 12.6. The van der Waals surface area contributed by atoms with E-state index >= 15 is 0 Å². The third-order valence-corrected chi connectivity index (χ3v) is 3.74. The van der Waals surface area contributed by atoms with Crippen molar-refractivity contribution in [3.05, 3.63) is 30.3 Å². The molecule has 1 N–H and O–H groups in total. The molecular weight excluding hydrogens is 242 g/mol. The molecule has 90 valence electrons. The van der Waals surface area contributed by atoms with Gasteiger partial charge in [-0.2, -0.15) is 0 Å². The zero-order chi connectivity index (χ0) is 12.3. The van der Waals surface area contributed by atoms with Gasteiger partial charge in [-0.1, -0.05) is 24.5 Å². The molecule has 2 radical (unpaired) electrons. The average molecular weight is 254 g/mol. The van der Waals surface area contributed by atoms with Gasteiger partial charge in [0.05, 0.1) is 7.85 Å². The molecular formula is C10H12BO5P. The van der Waals surface area contributed by atoms with Gasteiger partial charge in [-0.25, -0.2) is 4.57 Å². The third kappa shape index (κ3) is 3.10. The van der Waals surface area contributed by atoms with Crippen molar-refractivity contribution in [3.63, 3.8) is 0 Å². The van der Waals surface area contributed by atoms with Gasteiger partial charge < -0.3 is 14.4 Å². The van der Waals surface area contributed by atoms with E-state index in [1.165, 1.54) is 0 Å². The molecule has 1 aliphatic heterocycles. The second-order valence-electron chi connectivity index (χ2n) is 3.58. The highest BCUT2D eigenvalue weighted by atomic mass is 31.2. The van der Waals surface area contributed by atoms with Crippen LogP contribution in [0, 0.1) is 0 Å². The molecule has 1 saturated heterocycles. The number of ether oxygens (including phenoxy) is 1. The number of benzene rings is 1. The largest absolute Gasteiger partial charge is 0.423 e. The Labute approximate surface area is 101 Å². The van der Waals surface area contributed by atoms with Crippen LogP contribution in [0.3, 0.4) is 0 Å². The lowest BCUT2D eigenvalue weighted by Gasteiger charge is -2.32. The molecule has 1 heterocycles. The van der Waals surface area contributed by atoms with E-state index in [0.29, 0.717) is 5.75 Å². The highest BCUT2D eigenvalue weighted by molar-refractivity contribution is 7.54. The smallest absolute Gasteiger partial charge is 0.407 e. The Morgan fingerprint density at radius 2 is 2.18 bits per heavy atom. The summed E-state index contributed by atoms with van der Waals surface area (Å²) in [5.41, 5.74) is 0. The molecule has 0 aliphatic carbocycles. The number of rotatable bonds is 3. The van der Waals surface area contributed by atoms with E-state index in [-0.39, 0.29) is 12.7 Å². The number of aliphatic hydroxyl groups excluding tert-OH is 1. The predicted molar refractivity (Wildman–Crippen MR) is 62.1 cm³/mol. The first-order chi connectivity index (χ1) is 8.13. The monoisotopic (exact) mass is 254 g/mol. The first-order valence-corrected chi connectivity index (χ1v) is 6.87. The molecule has 1 aromatic carbocycles. The van der Waals surface area contributed by atoms with Crippen molar-refractivity contribution in [2.24, 2.45) is 0 Å². The topological polar surface area (TPSA) is 65.0 Å². The van der Waals surface area contributed by atoms with E-state index in [2.05, 4.69) is 0 Å². The molecule has 0 spiro atoms.